The summed E-state index contributed by atoms with van der Waals surface area (Å²) >= 11 is 0. The van der Waals surface area contributed by atoms with E-state index in [1.807, 2.05) is 0 Å². The molecular formula is C19H12F3NO2S. The maximum atomic E-state index is 13.7. The zero-order valence-corrected chi connectivity index (χ0v) is 14.1. The van der Waals surface area contributed by atoms with Crippen molar-refractivity contribution < 1.29 is 21.6 Å². The summed E-state index contributed by atoms with van der Waals surface area (Å²) in [5.41, 5.74) is 0.677. The number of nitrogens with zero attached hydrogens (tertiary/aromatic N) is 1. The maximum absolute atomic E-state index is 13.7. The highest BCUT2D eigenvalue weighted by atomic mass is 32.2. The molecule has 132 valence electrons. The van der Waals surface area contributed by atoms with E-state index in [-0.39, 0.29) is 10.6 Å². The number of sulfone groups is 1. The van der Waals surface area contributed by atoms with Crippen LogP contribution in [0.4, 0.5) is 13.2 Å². The van der Waals surface area contributed by atoms with E-state index >= 15 is 0 Å². The van der Waals surface area contributed by atoms with Gasteiger partial charge in [0.2, 0.25) is 9.84 Å². The second-order valence-electron chi connectivity index (χ2n) is 5.36. The quantitative estimate of drug-likeness (QED) is 0.674. The first-order chi connectivity index (χ1) is 12.4. The summed E-state index contributed by atoms with van der Waals surface area (Å²) in [5, 5.41) is -0.298. The Hall–Kier alpha value is -2.93. The molecule has 0 fully saturated rings. The summed E-state index contributed by atoms with van der Waals surface area (Å²) in [6.45, 7) is 0. The van der Waals surface area contributed by atoms with Crippen LogP contribution in [0.3, 0.4) is 0 Å². The fourth-order valence-corrected chi connectivity index (χ4v) is 3.49. The molecule has 0 spiro atoms. The average molecular weight is 375 g/mol. The molecule has 0 amide bonds. The van der Waals surface area contributed by atoms with Crippen LogP contribution in [-0.2, 0) is 9.84 Å². The Morgan fingerprint density at radius 1 is 0.846 bits per heavy atom. The smallest absolute Gasteiger partial charge is 0.226 e. The number of hydrogen-bond acceptors (Lipinski definition) is 3. The molecule has 0 saturated carbocycles. The molecule has 1 heterocycles. The van der Waals surface area contributed by atoms with Crippen LogP contribution in [-0.4, -0.2) is 13.4 Å². The van der Waals surface area contributed by atoms with Gasteiger partial charge in [0, 0.05) is 17.8 Å². The van der Waals surface area contributed by atoms with Crippen LogP contribution in [0.25, 0.3) is 12.2 Å². The Morgan fingerprint density at radius 2 is 1.62 bits per heavy atom. The number of hydrogen-bond donors (Lipinski definition) is 0. The molecule has 0 radical (unpaired) electrons. The molecule has 7 heteroatoms. The van der Waals surface area contributed by atoms with Crippen LogP contribution in [0.5, 0.6) is 0 Å². The van der Waals surface area contributed by atoms with E-state index < -0.39 is 32.2 Å². The summed E-state index contributed by atoms with van der Waals surface area (Å²) in [4.78, 5) is 3.40. The van der Waals surface area contributed by atoms with Crippen LogP contribution in [0, 0.1) is 17.5 Å². The van der Waals surface area contributed by atoms with Gasteiger partial charge in [-0.05, 0) is 35.9 Å². The summed E-state index contributed by atoms with van der Waals surface area (Å²) in [5.74, 6) is -2.25. The van der Waals surface area contributed by atoms with Gasteiger partial charge in [-0.25, -0.2) is 26.6 Å². The standard InChI is InChI=1S/C19H12F3NO2S/c20-15-9-8-14(17(22)11-15)7-5-13-6-10-19(23-12-13)26(24,25)18-4-2-1-3-16(18)21/h1-12H/b7-5+. The maximum Gasteiger partial charge on any atom is 0.226 e. The van der Waals surface area contributed by atoms with Crippen LogP contribution < -0.4 is 0 Å². The van der Waals surface area contributed by atoms with E-state index in [0.717, 1.165) is 24.3 Å². The van der Waals surface area contributed by atoms with Gasteiger partial charge in [-0.1, -0.05) is 30.4 Å². The van der Waals surface area contributed by atoms with Gasteiger partial charge in [-0.15, -0.1) is 0 Å². The summed E-state index contributed by atoms with van der Waals surface area (Å²) < 4.78 is 65.0. The molecule has 0 aliphatic rings. The van der Waals surface area contributed by atoms with E-state index in [0.29, 0.717) is 5.56 Å². The van der Waals surface area contributed by atoms with Crippen molar-refractivity contribution in [3.05, 3.63) is 89.4 Å². The van der Waals surface area contributed by atoms with Gasteiger partial charge in [-0.2, -0.15) is 0 Å². The van der Waals surface area contributed by atoms with Gasteiger partial charge < -0.3 is 0 Å². The third-order valence-corrected chi connectivity index (χ3v) is 5.28. The summed E-state index contributed by atoms with van der Waals surface area (Å²) in [6, 6.07) is 10.9. The first-order valence-electron chi connectivity index (χ1n) is 7.47. The highest BCUT2D eigenvalue weighted by molar-refractivity contribution is 7.91. The van der Waals surface area contributed by atoms with E-state index in [1.165, 1.54) is 48.7 Å². The lowest BCUT2D eigenvalue weighted by atomic mass is 10.1. The second kappa shape index (κ2) is 7.13. The first-order valence-corrected chi connectivity index (χ1v) is 8.95. The Kier molecular flexibility index (Phi) is 4.90. The van der Waals surface area contributed by atoms with Gasteiger partial charge in [0.1, 0.15) is 22.3 Å². The van der Waals surface area contributed by atoms with Gasteiger partial charge in [-0.3, -0.25) is 0 Å². The molecule has 3 rings (SSSR count). The number of pyridine rings is 1. The average Bonchev–Trinajstić information content (AvgIpc) is 2.61. The minimum absolute atomic E-state index is 0.175. The third kappa shape index (κ3) is 3.67. The molecular weight excluding hydrogens is 363 g/mol. The zero-order valence-electron chi connectivity index (χ0n) is 13.2. The molecule has 0 aliphatic heterocycles. The molecule has 3 aromatic rings. The Balaban J connectivity index is 1.87. The largest absolute Gasteiger partial charge is 0.244 e. The van der Waals surface area contributed by atoms with Crippen molar-refractivity contribution in [1.82, 2.24) is 4.98 Å². The van der Waals surface area contributed by atoms with Crippen LogP contribution in [0.1, 0.15) is 11.1 Å². The van der Waals surface area contributed by atoms with Gasteiger partial charge in [0.05, 0.1) is 0 Å². The minimum atomic E-state index is -4.08. The van der Waals surface area contributed by atoms with Crippen LogP contribution >= 0.6 is 0 Å². The van der Waals surface area contributed by atoms with Crippen molar-refractivity contribution in [2.45, 2.75) is 9.92 Å². The molecule has 26 heavy (non-hydrogen) atoms. The van der Waals surface area contributed by atoms with Crippen molar-refractivity contribution in [1.29, 1.82) is 0 Å². The van der Waals surface area contributed by atoms with Crippen molar-refractivity contribution in [2.75, 3.05) is 0 Å². The van der Waals surface area contributed by atoms with Gasteiger partial charge in [0.15, 0.2) is 5.03 Å². The van der Waals surface area contributed by atoms with E-state index in [9.17, 15) is 21.6 Å². The third-order valence-electron chi connectivity index (χ3n) is 3.58. The van der Waals surface area contributed by atoms with E-state index in [2.05, 4.69) is 4.98 Å². The highest BCUT2D eigenvalue weighted by Gasteiger charge is 2.22. The normalized spacial score (nSPS) is 11.8. The second-order valence-corrected chi connectivity index (χ2v) is 7.23. The highest BCUT2D eigenvalue weighted by Crippen LogP contribution is 2.22. The molecule has 1 aromatic heterocycles. The molecule has 0 bridgehead atoms. The molecule has 0 unspecified atom stereocenters. The van der Waals surface area contributed by atoms with Crippen molar-refractivity contribution in [2.24, 2.45) is 0 Å². The number of rotatable bonds is 4. The number of benzene rings is 2. The monoisotopic (exact) mass is 375 g/mol. The molecule has 0 aliphatic carbocycles. The molecule has 0 atom stereocenters. The zero-order chi connectivity index (χ0) is 18.7. The Bertz CT molecular complexity index is 1080. The number of halogens is 3. The topological polar surface area (TPSA) is 47.0 Å². The van der Waals surface area contributed by atoms with Gasteiger partial charge in [0.25, 0.3) is 0 Å². The lowest BCUT2D eigenvalue weighted by molar-refractivity contribution is 0.564. The molecule has 0 saturated heterocycles. The number of aromatic nitrogens is 1. The summed E-state index contributed by atoms with van der Waals surface area (Å²) in [7, 11) is -4.08. The fourth-order valence-electron chi connectivity index (χ4n) is 2.25. The predicted molar refractivity (Wildman–Crippen MR) is 91.4 cm³/mol. The molecule has 2 aromatic carbocycles. The van der Waals surface area contributed by atoms with Crippen molar-refractivity contribution in [3.63, 3.8) is 0 Å². The van der Waals surface area contributed by atoms with Crippen molar-refractivity contribution in [3.8, 4) is 0 Å². The molecule has 0 N–H and O–H groups in total. The lowest BCUT2D eigenvalue weighted by Gasteiger charge is -2.05. The van der Waals surface area contributed by atoms with E-state index in [1.54, 1.807) is 0 Å². The Labute approximate surface area is 148 Å². The van der Waals surface area contributed by atoms with Crippen LogP contribution in [0.2, 0.25) is 0 Å². The van der Waals surface area contributed by atoms with Crippen LogP contribution in [0.15, 0.2) is 70.7 Å². The summed E-state index contributed by atoms with van der Waals surface area (Å²) in [6.07, 6.45) is 4.19. The fraction of sp³-hybridized carbons (Fsp3) is 0. The lowest BCUT2D eigenvalue weighted by Crippen LogP contribution is -2.06. The minimum Gasteiger partial charge on any atom is -0.244 e. The van der Waals surface area contributed by atoms with E-state index in [4.69, 9.17) is 0 Å². The first kappa shape index (κ1) is 17.9. The SMILES string of the molecule is O=S(=O)(c1ccc(/C=C/c2ccc(F)cc2F)cn1)c1ccccc1F. The Morgan fingerprint density at radius 3 is 2.27 bits per heavy atom. The predicted octanol–water partition coefficient (Wildman–Crippen LogP) is 4.50. The van der Waals surface area contributed by atoms with Crippen molar-refractivity contribution >= 4 is 22.0 Å². The van der Waals surface area contributed by atoms with Gasteiger partial charge >= 0.3 is 0 Å². The molecule has 3 nitrogen and oxygen atoms in total.